The number of nitrogens with zero attached hydrogens (tertiary/aromatic N) is 4. The summed E-state index contributed by atoms with van der Waals surface area (Å²) < 4.78 is 34.3. The largest absolute Gasteiger partial charge is 0.493 e. The Morgan fingerprint density at radius 2 is 2.03 bits per heavy atom. The number of hydrogen-bond acceptors (Lipinski definition) is 8. The zero-order valence-corrected chi connectivity index (χ0v) is 16.7. The number of benzene rings is 1. The molecule has 0 bridgehead atoms. The van der Waals surface area contributed by atoms with Gasteiger partial charge in [0.2, 0.25) is 5.91 Å². The second-order valence-corrected chi connectivity index (χ2v) is 7.03. The number of carbonyl (C=O) groups is 1. The Hall–Kier alpha value is -3.28. The molecule has 1 aromatic heterocycles. The van der Waals surface area contributed by atoms with Crippen LogP contribution in [0.25, 0.3) is 6.08 Å². The molecular formula is C18H18F2N4O5S. The van der Waals surface area contributed by atoms with E-state index in [1.165, 1.54) is 36.7 Å². The summed E-state index contributed by atoms with van der Waals surface area (Å²) in [4.78, 5) is 31.0. The van der Waals surface area contributed by atoms with Gasteiger partial charge in [-0.3, -0.25) is 14.9 Å². The Bertz CT molecular complexity index is 931. The van der Waals surface area contributed by atoms with Gasteiger partial charge in [0.15, 0.2) is 16.6 Å². The van der Waals surface area contributed by atoms with Crippen LogP contribution in [0.4, 0.5) is 19.6 Å². The first kappa shape index (κ1) is 21.4. The van der Waals surface area contributed by atoms with E-state index >= 15 is 0 Å². The third-order valence-corrected chi connectivity index (χ3v) is 5.24. The summed E-state index contributed by atoms with van der Waals surface area (Å²) in [6, 6.07) is 2.03. The number of methoxy groups -OCH3 is 1. The molecule has 1 aromatic carbocycles. The van der Waals surface area contributed by atoms with Gasteiger partial charge in [-0.1, -0.05) is 0 Å². The SMILES string of the molecule is COc1cc(/C=C/C(=O)N2CCN(c3nccs3)CC2)c([N+](=O)[O-])cc1OC(F)F. The van der Waals surface area contributed by atoms with E-state index in [1.54, 1.807) is 11.1 Å². The summed E-state index contributed by atoms with van der Waals surface area (Å²) in [5.74, 6) is -0.874. The van der Waals surface area contributed by atoms with Gasteiger partial charge in [0.1, 0.15) is 0 Å². The lowest BCUT2D eigenvalue weighted by Crippen LogP contribution is -2.48. The number of ether oxygens (including phenoxy) is 2. The molecule has 2 heterocycles. The molecule has 160 valence electrons. The third-order valence-electron chi connectivity index (χ3n) is 4.41. The van der Waals surface area contributed by atoms with Gasteiger partial charge in [-0.15, -0.1) is 11.3 Å². The third kappa shape index (κ3) is 5.00. The minimum absolute atomic E-state index is 0.0354. The van der Waals surface area contributed by atoms with E-state index in [0.29, 0.717) is 26.2 Å². The van der Waals surface area contributed by atoms with E-state index in [4.69, 9.17) is 4.74 Å². The summed E-state index contributed by atoms with van der Waals surface area (Å²) >= 11 is 1.52. The van der Waals surface area contributed by atoms with Crippen molar-refractivity contribution in [3.05, 3.63) is 45.5 Å². The van der Waals surface area contributed by atoms with Crippen molar-refractivity contribution < 1.29 is 28.0 Å². The predicted octanol–water partition coefficient (Wildman–Crippen LogP) is 3.02. The number of anilines is 1. The van der Waals surface area contributed by atoms with Gasteiger partial charge >= 0.3 is 6.61 Å². The van der Waals surface area contributed by atoms with Gasteiger partial charge in [-0.05, 0) is 12.1 Å². The van der Waals surface area contributed by atoms with Crippen LogP contribution < -0.4 is 14.4 Å². The molecule has 12 heteroatoms. The number of rotatable bonds is 7. The van der Waals surface area contributed by atoms with Crippen molar-refractivity contribution in [3.63, 3.8) is 0 Å². The Kier molecular flexibility index (Phi) is 6.77. The minimum Gasteiger partial charge on any atom is -0.493 e. The van der Waals surface area contributed by atoms with Crippen molar-refractivity contribution in [2.24, 2.45) is 0 Å². The Morgan fingerprint density at radius 1 is 1.30 bits per heavy atom. The predicted molar refractivity (Wildman–Crippen MR) is 106 cm³/mol. The molecule has 0 N–H and O–H groups in total. The van der Waals surface area contributed by atoms with Crippen LogP contribution in [0.2, 0.25) is 0 Å². The van der Waals surface area contributed by atoms with Crippen LogP contribution in [-0.2, 0) is 4.79 Å². The van der Waals surface area contributed by atoms with Gasteiger partial charge in [-0.25, -0.2) is 4.98 Å². The lowest BCUT2D eigenvalue weighted by atomic mass is 10.1. The zero-order chi connectivity index (χ0) is 21.7. The molecule has 1 saturated heterocycles. The lowest BCUT2D eigenvalue weighted by Gasteiger charge is -2.34. The molecule has 0 atom stereocenters. The van der Waals surface area contributed by atoms with Crippen LogP contribution in [0.15, 0.2) is 29.8 Å². The monoisotopic (exact) mass is 440 g/mol. The minimum atomic E-state index is -3.16. The van der Waals surface area contributed by atoms with Gasteiger partial charge < -0.3 is 19.3 Å². The summed E-state index contributed by atoms with van der Waals surface area (Å²) in [5.41, 5.74) is -0.447. The Balaban J connectivity index is 1.73. The van der Waals surface area contributed by atoms with Crippen molar-refractivity contribution in [3.8, 4) is 11.5 Å². The normalized spacial score (nSPS) is 14.4. The van der Waals surface area contributed by atoms with Crippen LogP contribution >= 0.6 is 11.3 Å². The van der Waals surface area contributed by atoms with Crippen molar-refractivity contribution in [2.75, 3.05) is 38.2 Å². The van der Waals surface area contributed by atoms with Crippen molar-refractivity contribution in [1.82, 2.24) is 9.88 Å². The fourth-order valence-electron chi connectivity index (χ4n) is 2.96. The van der Waals surface area contributed by atoms with Crippen LogP contribution in [0.1, 0.15) is 5.56 Å². The molecule has 1 amide bonds. The quantitative estimate of drug-likeness (QED) is 0.371. The van der Waals surface area contributed by atoms with E-state index in [9.17, 15) is 23.7 Å². The molecule has 0 unspecified atom stereocenters. The van der Waals surface area contributed by atoms with E-state index in [1.807, 2.05) is 5.38 Å². The molecule has 3 rings (SSSR count). The number of piperazine rings is 1. The molecule has 30 heavy (non-hydrogen) atoms. The molecule has 0 saturated carbocycles. The highest BCUT2D eigenvalue weighted by atomic mass is 32.1. The van der Waals surface area contributed by atoms with Crippen molar-refractivity contribution in [2.45, 2.75) is 6.61 Å². The van der Waals surface area contributed by atoms with E-state index in [-0.39, 0.29) is 17.2 Å². The summed E-state index contributed by atoms with van der Waals surface area (Å²) in [6.07, 6.45) is 4.20. The molecule has 9 nitrogen and oxygen atoms in total. The van der Waals surface area contributed by atoms with Crippen molar-refractivity contribution >= 4 is 34.1 Å². The molecule has 1 aliphatic heterocycles. The smallest absolute Gasteiger partial charge is 0.387 e. The number of carbonyl (C=O) groups excluding carboxylic acids is 1. The van der Waals surface area contributed by atoms with Crippen LogP contribution in [0.3, 0.4) is 0 Å². The first-order valence-electron chi connectivity index (χ1n) is 8.81. The number of alkyl halides is 2. The first-order chi connectivity index (χ1) is 14.4. The summed E-state index contributed by atoms with van der Waals surface area (Å²) in [6.45, 7) is -0.948. The molecule has 0 aliphatic carbocycles. The lowest BCUT2D eigenvalue weighted by molar-refractivity contribution is -0.385. The highest BCUT2D eigenvalue weighted by molar-refractivity contribution is 7.13. The standard InChI is InChI=1S/C18H18F2N4O5S/c1-28-14-10-12(13(24(26)27)11-15(14)29-17(19)20)2-3-16(25)22-5-7-23(8-6-22)18-21-4-9-30-18/h2-4,9-11,17H,5-8H2,1H3/b3-2+. The van der Waals surface area contributed by atoms with Crippen LogP contribution in [0.5, 0.6) is 11.5 Å². The van der Waals surface area contributed by atoms with Gasteiger partial charge in [-0.2, -0.15) is 8.78 Å². The highest BCUT2D eigenvalue weighted by Crippen LogP contribution is 2.36. The number of nitro benzene ring substituents is 1. The number of aromatic nitrogens is 1. The van der Waals surface area contributed by atoms with Crippen molar-refractivity contribution in [1.29, 1.82) is 0 Å². The Labute approximate surface area is 174 Å². The number of amides is 1. The van der Waals surface area contributed by atoms with E-state index in [0.717, 1.165) is 11.2 Å². The maximum Gasteiger partial charge on any atom is 0.387 e. The second-order valence-electron chi connectivity index (χ2n) is 6.16. The number of hydrogen-bond donors (Lipinski definition) is 0. The second kappa shape index (κ2) is 9.48. The topological polar surface area (TPSA) is 98.0 Å². The molecule has 1 fully saturated rings. The van der Waals surface area contributed by atoms with E-state index in [2.05, 4.69) is 14.6 Å². The van der Waals surface area contributed by atoms with Gasteiger partial charge in [0.05, 0.1) is 23.7 Å². The fourth-order valence-corrected chi connectivity index (χ4v) is 3.66. The van der Waals surface area contributed by atoms with E-state index < -0.39 is 23.0 Å². The first-order valence-corrected chi connectivity index (χ1v) is 9.69. The Morgan fingerprint density at radius 3 is 2.60 bits per heavy atom. The summed E-state index contributed by atoms with van der Waals surface area (Å²) in [5, 5.41) is 14.1. The average molecular weight is 440 g/mol. The molecule has 0 spiro atoms. The molecule has 0 radical (unpaired) electrons. The number of halogens is 2. The molecule has 1 aliphatic rings. The zero-order valence-electron chi connectivity index (χ0n) is 15.9. The van der Waals surface area contributed by atoms with Gasteiger partial charge in [0.25, 0.3) is 5.69 Å². The van der Waals surface area contributed by atoms with Crippen LogP contribution in [-0.4, -0.2) is 60.6 Å². The summed E-state index contributed by atoms with van der Waals surface area (Å²) in [7, 11) is 1.22. The maximum absolute atomic E-state index is 12.5. The molecule has 2 aromatic rings. The van der Waals surface area contributed by atoms with Gasteiger partial charge in [0, 0.05) is 43.8 Å². The number of thiazole rings is 1. The average Bonchev–Trinajstić information content (AvgIpc) is 3.26. The number of nitro groups is 1. The maximum atomic E-state index is 12.5. The highest BCUT2D eigenvalue weighted by Gasteiger charge is 2.23. The molecular weight excluding hydrogens is 422 g/mol. The van der Waals surface area contributed by atoms with Crippen LogP contribution in [0, 0.1) is 10.1 Å². The fraction of sp³-hybridized carbons (Fsp3) is 0.333.